The molecule has 0 aliphatic carbocycles. The smallest absolute Gasteiger partial charge is 0.267 e. The second kappa shape index (κ2) is 5.34. The average Bonchev–Trinajstić information content (AvgIpc) is 3.03. The highest BCUT2D eigenvalue weighted by molar-refractivity contribution is 7.22. The van der Waals surface area contributed by atoms with Crippen molar-refractivity contribution >= 4 is 49.6 Å². The molecule has 0 saturated heterocycles. The van der Waals surface area contributed by atoms with Gasteiger partial charge in [-0.15, -0.1) is 11.3 Å². The minimum atomic E-state index is -0.145. The molecule has 0 aliphatic rings. The number of thiazole rings is 1. The number of nitrogens with zero attached hydrogens (tertiary/aromatic N) is 1. The highest BCUT2D eigenvalue weighted by Crippen LogP contribution is 2.34. The molecule has 3 rings (SSSR count). The van der Waals surface area contributed by atoms with Crippen molar-refractivity contribution in [2.75, 3.05) is 18.2 Å². The molecule has 0 spiro atoms. The second-order valence-electron chi connectivity index (χ2n) is 4.48. The number of carbonyl (C=O) groups excluding carboxylic acids is 1. The molecule has 3 aromatic rings. The van der Waals surface area contributed by atoms with Crippen molar-refractivity contribution in [2.24, 2.45) is 0 Å². The van der Waals surface area contributed by atoms with Crippen LogP contribution in [0.4, 0.5) is 10.8 Å². The number of nitrogens with one attached hydrogen (secondary N) is 1. The molecule has 2 aromatic heterocycles. The third kappa shape index (κ3) is 2.57. The van der Waals surface area contributed by atoms with Crippen molar-refractivity contribution in [3.8, 4) is 5.75 Å². The number of hydrogen-bond acceptors (Lipinski definition) is 6. The molecule has 0 unspecified atom stereocenters. The topological polar surface area (TPSA) is 77.2 Å². The van der Waals surface area contributed by atoms with Crippen LogP contribution in [0.25, 0.3) is 10.2 Å². The Morgan fingerprint density at radius 3 is 2.90 bits per heavy atom. The first-order chi connectivity index (χ1) is 10.1. The number of benzene rings is 1. The first-order valence-corrected chi connectivity index (χ1v) is 7.87. The fourth-order valence-corrected chi connectivity index (χ4v) is 3.73. The summed E-state index contributed by atoms with van der Waals surface area (Å²) in [5, 5.41) is 5.26. The van der Waals surface area contributed by atoms with Crippen molar-refractivity contribution in [2.45, 2.75) is 6.92 Å². The van der Waals surface area contributed by atoms with Gasteiger partial charge in [-0.05, 0) is 30.0 Å². The van der Waals surface area contributed by atoms with E-state index < -0.39 is 0 Å². The average molecular weight is 319 g/mol. The molecule has 0 bridgehead atoms. The number of fused-ring (bicyclic) bond motifs is 1. The summed E-state index contributed by atoms with van der Waals surface area (Å²) in [5.74, 6) is 0.461. The van der Waals surface area contributed by atoms with Crippen LogP contribution in [0.1, 0.15) is 15.2 Å². The lowest BCUT2D eigenvalue weighted by Crippen LogP contribution is -2.10. The predicted molar refractivity (Wildman–Crippen MR) is 87.6 cm³/mol. The van der Waals surface area contributed by atoms with Crippen LogP contribution >= 0.6 is 22.7 Å². The Hall–Kier alpha value is -2.12. The highest BCUT2D eigenvalue weighted by Gasteiger charge is 2.15. The number of hydrogen-bond donors (Lipinski definition) is 2. The lowest BCUT2D eigenvalue weighted by atomic mass is 10.3. The molecule has 0 saturated carbocycles. The van der Waals surface area contributed by atoms with Gasteiger partial charge in [0.25, 0.3) is 5.91 Å². The Bertz CT molecular complexity index is 823. The molecule has 1 amide bonds. The molecular formula is C14H13N3O2S2. The van der Waals surface area contributed by atoms with Crippen LogP contribution in [0.15, 0.2) is 23.6 Å². The van der Waals surface area contributed by atoms with E-state index in [1.165, 1.54) is 22.7 Å². The van der Waals surface area contributed by atoms with Crippen LogP contribution in [0.3, 0.4) is 0 Å². The molecule has 7 heteroatoms. The molecule has 0 atom stereocenters. The fourth-order valence-electron chi connectivity index (χ4n) is 1.99. The molecule has 1 aromatic carbocycles. The molecule has 0 radical (unpaired) electrons. The molecule has 0 fully saturated rings. The maximum absolute atomic E-state index is 12.2. The normalized spacial score (nSPS) is 10.8. The summed E-state index contributed by atoms with van der Waals surface area (Å²) >= 11 is 2.79. The van der Waals surface area contributed by atoms with Crippen LogP contribution in [0.5, 0.6) is 5.75 Å². The Morgan fingerprint density at radius 2 is 2.24 bits per heavy atom. The van der Waals surface area contributed by atoms with Gasteiger partial charge in [-0.1, -0.05) is 11.3 Å². The number of nitrogen functional groups attached to an aromatic ring is 1. The van der Waals surface area contributed by atoms with Gasteiger partial charge in [0.1, 0.15) is 11.3 Å². The maximum atomic E-state index is 12.2. The van der Waals surface area contributed by atoms with Crippen LogP contribution in [-0.2, 0) is 0 Å². The molecule has 108 valence electrons. The zero-order valence-corrected chi connectivity index (χ0v) is 13.1. The summed E-state index contributed by atoms with van der Waals surface area (Å²) in [6, 6.07) is 5.46. The van der Waals surface area contributed by atoms with Gasteiger partial charge in [-0.3, -0.25) is 10.1 Å². The van der Waals surface area contributed by atoms with Crippen LogP contribution in [0, 0.1) is 6.92 Å². The van der Waals surface area contributed by atoms with E-state index in [0.29, 0.717) is 27.0 Å². The fraction of sp³-hybridized carbons (Fsp3) is 0.143. The van der Waals surface area contributed by atoms with Crippen LogP contribution < -0.4 is 15.8 Å². The van der Waals surface area contributed by atoms with E-state index in [2.05, 4.69) is 10.3 Å². The van der Waals surface area contributed by atoms with Gasteiger partial charge in [0.15, 0.2) is 5.13 Å². The molecule has 2 heterocycles. The number of aromatic nitrogens is 1. The zero-order chi connectivity index (χ0) is 15.0. The van der Waals surface area contributed by atoms with E-state index in [-0.39, 0.29) is 5.91 Å². The Morgan fingerprint density at radius 1 is 1.43 bits per heavy atom. The monoisotopic (exact) mass is 319 g/mol. The molecule has 5 nitrogen and oxygen atoms in total. The Kier molecular flexibility index (Phi) is 3.52. The summed E-state index contributed by atoms with van der Waals surface area (Å²) in [4.78, 5) is 17.3. The minimum absolute atomic E-state index is 0.145. The number of rotatable bonds is 3. The highest BCUT2D eigenvalue weighted by atomic mass is 32.1. The number of ether oxygens (including phenoxy) is 1. The number of nitrogens with two attached hydrogens (primary N) is 1. The van der Waals surface area contributed by atoms with Gasteiger partial charge in [0.05, 0.1) is 16.7 Å². The van der Waals surface area contributed by atoms with Crippen molar-refractivity contribution in [1.82, 2.24) is 4.98 Å². The van der Waals surface area contributed by atoms with Gasteiger partial charge in [0, 0.05) is 11.8 Å². The third-order valence-corrected chi connectivity index (χ3v) is 4.92. The maximum Gasteiger partial charge on any atom is 0.267 e. The third-order valence-electron chi connectivity index (χ3n) is 2.99. The van der Waals surface area contributed by atoms with Gasteiger partial charge in [0.2, 0.25) is 0 Å². The van der Waals surface area contributed by atoms with Gasteiger partial charge in [-0.2, -0.15) is 0 Å². The predicted octanol–water partition coefficient (Wildman–Crippen LogP) is 3.51. The Labute approximate surface area is 129 Å². The number of carbonyl (C=O) groups is 1. The first kappa shape index (κ1) is 13.8. The summed E-state index contributed by atoms with van der Waals surface area (Å²) in [6.07, 6.45) is 0. The van der Waals surface area contributed by atoms with E-state index >= 15 is 0 Å². The quantitative estimate of drug-likeness (QED) is 0.724. The van der Waals surface area contributed by atoms with E-state index in [1.807, 2.05) is 24.4 Å². The van der Waals surface area contributed by atoms with Crippen LogP contribution in [-0.4, -0.2) is 18.0 Å². The largest absolute Gasteiger partial charge is 0.494 e. The summed E-state index contributed by atoms with van der Waals surface area (Å²) < 4.78 is 6.15. The SMILES string of the molecule is COc1cc(N)cc2sc(NC(=O)c3sccc3C)nc12. The lowest BCUT2D eigenvalue weighted by Gasteiger charge is -2.01. The van der Waals surface area contributed by atoms with E-state index in [0.717, 1.165) is 10.3 Å². The number of thiophene rings is 1. The van der Waals surface area contributed by atoms with E-state index in [1.54, 1.807) is 13.2 Å². The van der Waals surface area contributed by atoms with Gasteiger partial charge < -0.3 is 10.5 Å². The van der Waals surface area contributed by atoms with Crippen molar-refractivity contribution in [1.29, 1.82) is 0 Å². The van der Waals surface area contributed by atoms with Crippen molar-refractivity contribution < 1.29 is 9.53 Å². The summed E-state index contributed by atoms with van der Waals surface area (Å²) in [5.41, 5.74) is 8.09. The number of aryl methyl sites for hydroxylation is 1. The Balaban J connectivity index is 1.95. The second-order valence-corrected chi connectivity index (χ2v) is 6.42. The summed E-state index contributed by atoms with van der Waals surface area (Å²) in [7, 11) is 1.57. The van der Waals surface area contributed by atoms with E-state index in [9.17, 15) is 4.79 Å². The lowest BCUT2D eigenvalue weighted by molar-refractivity contribution is 0.103. The summed E-state index contributed by atoms with van der Waals surface area (Å²) in [6.45, 7) is 1.91. The standard InChI is InChI=1S/C14H13N3O2S2/c1-7-3-4-20-12(7)13(18)17-14-16-11-9(19-2)5-8(15)6-10(11)21-14/h3-6H,15H2,1-2H3,(H,16,17,18). The molecule has 3 N–H and O–H groups in total. The number of anilines is 2. The first-order valence-electron chi connectivity index (χ1n) is 6.18. The number of methoxy groups -OCH3 is 1. The molecule has 0 aliphatic heterocycles. The minimum Gasteiger partial charge on any atom is -0.494 e. The van der Waals surface area contributed by atoms with Gasteiger partial charge >= 0.3 is 0 Å². The molecular weight excluding hydrogens is 306 g/mol. The van der Waals surface area contributed by atoms with Crippen molar-refractivity contribution in [3.63, 3.8) is 0 Å². The zero-order valence-electron chi connectivity index (χ0n) is 11.5. The van der Waals surface area contributed by atoms with Gasteiger partial charge in [-0.25, -0.2) is 4.98 Å². The van der Waals surface area contributed by atoms with E-state index in [4.69, 9.17) is 10.5 Å². The van der Waals surface area contributed by atoms with Crippen molar-refractivity contribution in [3.05, 3.63) is 34.0 Å². The van der Waals surface area contributed by atoms with Crippen LogP contribution in [0.2, 0.25) is 0 Å². The molecule has 21 heavy (non-hydrogen) atoms. The number of amides is 1.